The number of nitrogens with two attached hydrogens (primary N) is 2. The molecule has 5 heteroatoms. The van der Waals surface area contributed by atoms with Crippen LogP contribution in [0.5, 0.6) is 11.5 Å². The van der Waals surface area contributed by atoms with Crippen LogP contribution in [0.3, 0.4) is 0 Å². The monoisotopic (exact) mass is 210 g/mol. The van der Waals surface area contributed by atoms with Crippen molar-refractivity contribution in [1.29, 1.82) is 0 Å². The fourth-order valence-electron chi connectivity index (χ4n) is 0.959. The normalized spacial score (nSPS) is 11.9. The Bertz CT molecular complexity index is 341. The topological polar surface area (TPSA) is 87.6 Å². The molecular formula is C10H14N2O3. The van der Waals surface area contributed by atoms with Gasteiger partial charge in [0.05, 0.1) is 7.11 Å². The second kappa shape index (κ2) is 5.21. The van der Waals surface area contributed by atoms with Gasteiger partial charge < -0.3 is 20.9 Å². The molecule has 0 aliphatic carbocycles. The molecule has 0 saturated carbocycles. The first-order valence-electron chi connectivity index (χ1n) is 4.45. The summed E-state index contributed by atoms with van der Waals surface area (Å²) < 4.78 is 10.3. The van der Waals surface area contributed by atoms with Gasteiger partial charge in [-0.1, -0.05) is 6.07 Å². The number of hydrogen-bond donors (Lipinski definition) is 2. The van der Waals surface area contributed by atoms with Crippen LogP contribution in [0.1, 0.15) is 0 Å². The van der Waals surface area contributed by atoms with Gasteiger partial charge in [0, 0.05) is 6.07 Å². The Hall–Kier alpha value is -1.75. The maximum atomic E-state index is 10.6. The van der Waals surface area contributed by atoms with Crippen LogP contribution in [0.4, 0.5) is 0 Å². The van der Waals surface area contributed by atoms with Gasteiger partial charge in [0.1, 0.15) is 24.1 Å². The van der Waals surface area contributed by atoms with Crippen molar-refractivity contribution in [1.82, 2.24) is 0 Å². The lowest BCUT2D eigenvalue weighted by Gasteiger charge is -2.10. The summed E-state index contributed by atoms with van der Waals surface area (Å²) in [7, 11) is 1.56. The number of hydrogen-bond acceptors (Lipinski definition) is 4. The summed E-state index contributed by atoms with van der Waals surface area (Å²) >= 11 is 0. The molecule has 0 aliphatic heterocycles. The largest absolute Gasteiger partial charge is 0.497 e. The maximum Gasteiger partial charge on any atom is 0.237 e. The lowest BCUT2D eigenvalue weighted by Crippen LogP contribution is -2.41. The lowest BCUT2D eigenvalue weighted by molar-refractivity contribution is -0.119. The quantitative estimate of drug-likeness (QED) is 0.709. The first-order valence-corrected chi connectivity index (χ1v) is 4.45. The van der Waals surface area contributed by atoms with E-state index in [9.17, 15) is 4.79 Å². The molecule has 0 bridgehead atoms. The van der Waals surface area contributed by atoms with Crippen molar-refractivity contribution < 1.29 is 14.3 Å². The minimum Gasteiger partial charge on any atom is -0.497 e. The average Bonchev–Trinajstić information content (AvgIpc) is 2.26. The molecule has 0 aliphatic rings. The van der Waals surface area contributed by atoms with Crippen LogP contribution in [0.15, 0.2) is 24.3 Å². The third-order valence-electron chi connectivity index (χ3n) is 1.84. The fraction of sp³-hybridized carbons (Fsp3) is 0.300. The number of carbonyl (C=O) groups excluding carboxylic acids is 1. The van der Waals surface area contributed by atoms with E-state index in [-0.39, 0.29) is 6.61 Å². The van der Waals surface area contributed by atoms with Crippen LogP contribution in [0, 0.1) is 0 Å². The molecule has 1 aromatic carbocycles. The summed E-state index contributed by atoms with van der Waals surface area (Å²) in [5.74, 6) is 0.684. The number of ether oxygens (including phenoxy) is 2. The standard InChI is InChI=1S/C10H14N2O3/c1-14-7-3-2-4-8(5-7)15-6-9(11)10(12)13/h2-5,9H,6,11H2,1H3,(H2,12,13). The predicted molar refractivity (Wildman–Crippen MR) is 55.7 cm³/mol. The van der Waals surface area contributed by atoms with Crippen LogP contribution in [-0.4, -0.2) is 25.7 Å². The average molecular weight is 210 g/mol. The highest BCUT2D eigenvalue weighted by Crippen LogP contribution is 2.18. The van der Waals surface area contributed by atoms with Gasteiger partial charge in [-0.2, -0.15) is 0 Å². The molecule has 0 fully saturated rings. The van der Waals surface area contributed by atoms with Gasteiger partial charge in [-0.15, -0.1) is 0 Å². The van der Waals surface area contributed by atoms with Gasteiger partial charge in [-0.25, -0.2) is 0 Å². The predicted octanol–water partition coefficient (Wildman–Crippen LogP) is -0.113. The SMILES string of the molecule is COc1cccc(OCC(N)C(N)=O)c1. The van der Waals surface area contributed by atoms with Crippen molar-refractivity contribution in [2.24, 2.45) is 11.5 Å². The van der Waals surface area contributed by atoms with Gasteiger partial charge in [-0.3, -0.25) is 4.79 Å². The minimum absolute atomic E-state index is 0.0580. The summed E-state index contributed by atoms with van der Waals surface area (Å²) in [5.41, 5.74) is 10.4. The van der Waals surface area contributed by atoms with Gasteiger partial charge >= 0.3 is 0 Å². The molecule has 0 saturated heterocycles. The van der Waals surface area contributed by atoms with E-state index in [4.69, 9.17) is 20.9 Å². The van der Waals surface area contributed by atoms with E-state index in [0.717, 1.165) is 0 Å². The van der Waals surface area contributed by atoms with Crippen LogP contribution in [0.25, 0.3) is 0 Å². The Morgan fingerprint density at radius 1 is 1.47 bits per heavy atom. The number of rotatable bonds is 5. The molecule has 0 radical (unpaired) electrons. The Labute approximate surface area is 88.0 Å². The van der Waals surface area contributed by atoms with Crippen molar-refractivity contribution in [3.8, 4) is 11.5 Å². The van der Waals surface area contributed by atoms with E-state index < -0.39 is 11.9 Å². The third-order valence-corrected chi connectivity index (χ3v) is 1.84. The van der Waals surface area contributed by atoms with E-state index in [1.54, 1.807) is 31.4 Å². The molecule has 82 valence electrons. The zero-order valence-corrected chi connectivity index (χ0v) is 8.47. The second-order valence-corrected chi connectivity index (χ2v) is 3.00. The molecule has 1 rings (SSSR count). The van der Waals surface area contributed by atoms with Crippen molar-refractivity contribution >= 4 is 5.91 Å². The molecule has 1 amide bonds. The first-order chi connectivity index (χ1) is 7.13. The number of benzene rings is 1. The molecule has 0 aromatic heterocycles. The van der Waals surface area contributed by atoms with E-state index in [1.165, 1.54) is 0 Å². The zero-order chi connectivity index (χ0) is 11.3. The smallest absolute Gasteiger partial charge is 0.237 e. The number of methoxy groups -OCH3 is 1. The van der Waals surface area contributed by atoms with Gasteiger partial charge in [-0.05, 0) is 12.1 Å². The number of amides is 1. The van der Waals surface area contributed by atoms with Crippen molar-refractivity contribution in [3.63, 3.8) is 0 Å². The van der Waals surface area contributed by atoms with E-state index in [1.807, 2.05) is 0 Å². The second-order valence-electron chi connectivity index (χ2n) is 3.00. The molecule has 1 atom stereocenters. The summed E-state index contributed by atoms with van der Waals surface area (Å²) in [4.78, 5) is 10.6. The van der Waals surface area contributed by atoms with Crippen molar-refractivity contribution in [3.05, 3.63) is 24.3 Å². The Morgan fingerprint density at radius 3 is 2.73 bits per heavy atom. The summed E-state index contributed by atoms with van der Waals surface area (Å²) in [5, 5.41) is 0. The molecule has 1 aromatic rings. The van der Waals surface area contributed by atoms with E-state index in [0.29, 0.717) is 11.5 Å². The molecule has 0 spiro atoms. The first kappa shape index (κ1) is 11.3. The summed E-state index contributed by atoms with van der Waals surface area (Å²) in [6.07, 6.45) is 0. The van der Waals surface area contributed by atoms with Crippen molar-refractivity contribution in [2.45, 2.75) is 6.04 Å². The molecule has 4 N–H and O–H groups in total. The lowest BCUT2D eigenvalue weighted by atomic mass is 10.3. The molecule has 0 heterocycles. The van der Waals surface area contributed by atoms with Crippen LogP contribution >= 0.6 is 0 Å². The van der Waals surface area contributed by atoms with E-state index >= 15 is 0 Å². The van der Waals surface area contributed by atoms with Crippen LogP contribution in [0.2, 0.25) is 0 Å². The Morgan fingerprint density at radius 2 is 2.13 bits per heavy atom. The number of carbonyl (C=O) groups is 1. The molecular weight excluding hydrogens is 196 g/mol. The maximum absolute atomic E-state index is 10.6. The minimum atomic E-state index is -0.795. The van der Waals surface area contributed by atoms with E-state index in [2.05, 4.69) is 0 Å². The van der Waals surface area contributed by atoms with Crippen LogP contribution < -0.4 is 20.9 Å². The van der Waals surface area contributed by atoms with Gasteiger partial charge in [0.25, 0.3) is 0 Å². The fourth-order valence-corrected chi connectivity index (χ4v) is 0.959. The highest BCUT2D eigenvalue weighted by atomic mass is 16.5. The Kier molecular flexibility index (Phi) is 3.93. The summed E-state index contributed by atoms with van der Waals surface area (Å²) in [6.45, 7) is 0.0580. The molecule has 1 unspecified atom stereocenters. The molecule has 5 nitrogen and oxygen atoms in total. The summed E-state index contributed by atoms with van der Waals surface area (Å²) in [6, 6.07) is 6.23. The number of primary amides is 1. The van der Waals surface area contributed by atoms with Crippen molar-refractivity contribution in [2.75, 3.05) is 13.7 Å². The third kappa shape index (κ3) is 3.47. The Balaban J connectivity index is 2.53. The van der Waals surface area contributed by atoms with Crippen LogP contribution in [-0.2, 0) is 4.79 Å². The van der Waals surface area contributed by atoms with Gasteiger partial charge in [0.2, 0.25) is 5.91 Å². The zero-order valence-electron chi connectivity index (χ0n) is 8.47. The highest BCUT2D eigenvalue weighted by molar-refractivity contribution is 5.79. The molecule has 15 heavy (non-hydrogen) atoms. The highest BCUT2D eigenvalue weighted by Gasteiger charge is 2.09. The van der Waals surface area contributed by atoms with Gasteiger partial charge in [0.15, 0.2) is 0 Å².